The largest absolute Gasteiger partial charge is 0.393 e. The van der Waals surface area contributed by atoms with Crippen molar-refractivity contribution in [2.45, 2.75) is 25.6 Å². The van der Waals surface area contributed by atoms with Crippen molar-refractivity contribution in [3.8, 4) is 0 Å². The molecule has 0 aliphatic carbocycles. The van der Waals surface area contributed by atoms with E-state index in [2.05, 4.69) is 5.10 Å². The second kappa shape index (κ2) is 7.42. The number of aryl methyl sites for hydroxylation is 1. The van der Waals surface area contributed by atoms with E-state index < -0.39 is 6.10 Å². The monoisotopic (exact) mass is 327 g/mol. The van der Waals surface area contributed by atoms with Crippen molar-refractivity contribution in [2.24, 2.45) is 0 Å². The number of hydrogen-bond donors (Lipinski definition) is 2. The number of rotatable bonds is 4. The summed E-state index contributed by atoms with van der Waals surface area (Å²) < 4.78 is 1.81. The van der Waals surface area contributed by atoms with E-state index in [1.54, 1.807) is 17.0 Å². The lowest BCUT2D eigenvalue weighted by Crippen LogP contribution is -2.29. The number of aliphatic hydroxyl groups is 2. The van der Waals surface area contributed by atoms with Crippen LogP contribution >= 0.6 is 0 Å². The predicted octanol–water partition coefficient (Wildman–Crippen LogP) is 1.35. The molecule has 2 aromatic rings. The Kier molecular flexibility index (Phi) is 5.08. The summed E-state index contributed by atoms with van der Waals surface area (Å²) in [6.45, 7) is 1.45. The molecule has 1 aromatic carbocycles. The molecule has 0 spiro atoms. The molecule has 1 aliphatic rings. The van der Waals surface area contributed by atoms with Crippen molar-refractivity contribution in [1.82, 2.24) is 14.7 Å². The molecule has 6 heteroatoms. The molecule has 1 atom stereocenters. The predicted molar refractivity (Wildman–Crippen MR) is 89.8 cm³/mol. The zero-order valence-corrected chi connectivity index (χ0v) is 13.4. The zero-order valence-electron chi connectivity index (χ0n) is 13.4. The Balaban J connectivity index is 1.72. The minimum atomic E-state index is -0.980. The van der Waals surface area contributed by atoms with Gasteiger partial charge in [0.2, 0.25) is 5.91 Å². The van der Waals surface area contributed by atoms with Gasteiger partial charge in [-0.3, -0.25) is 9.48 Å². The smallest absolute Gasteiger partial charge is 0.246 e. The van der Waals surface area contributed by atoms with Crippen molar-refractivity contribution < 1.29 is 15.0 Å². The summed E-state index contributed by atoms with van der Waals surface area (Å²) in [5, 5.41) is 23.1. The molecule has 1 amide bonds. The minimum Gasteiger partial charge on any atom is -0.393 e. The van der Waals surface area contributed by atoms with E-state index in [1.807, 2.05) is 41.1 Å². The summed E-state index contributed by atoms with van der Waals surface area (Å²) >= 11 is 0. The van der Waals surface area contributed by atoms with Crippen LogP contribution in [0.4, 0.5) is 0 Å². The number of benzene rings is 1. The Bertz CT molecular complexity index is 724. The third-order valence-electron chi connectivity index (χ3n) is 4.08. The first kappa shape index (κ1) is 16.4. The molecule has 0 bridgehead atoms. The van der Waals surface area contributed by atoms with E-state index in [0.717, 1.165) is 17.7 Å². The summed E-state index contributed by atoms with van der Waals surface area (Å²) in [5.41, 5.74) is 2.30. The van der Waals surface area contributed by atoms with Gasteiger partial charge in [-0.05, 0) is 24.1 Å². The fourth-order valence-electron chi connectivity index (χ4n) is 2.77. The van der Waals surface area contributed by atoms with Gasteiger partial charge in [0.05, 0.1) is 24.5 Å². The van der Waals surface area contributed by atoms with E-state index >= 15 is 0 Å². The fourth-order valence-corrected chi connectivity index (χ4v) is 2.77. The Labute approximate surface area is 140 Å². The fraction of sp³-hybridized carbons (Fsp3) is 0.333. The standard InChI is InChI=1S/C18H21N3O3/c22-13-17(23)16-11-15-12-20(9-4-10-21(15)19-16)18(24)8-7-14-5-2-1-3-6-14/h1-3,5-8,11,17,22-23H,4,9-10,12-13H2/b8-7+. The van der Waals surface area contributed by atoms with Crippen LogP contribution in [0.3, 0.4) is 0 Å². The van der Waals surface area contributed by atoms with Crippen molar-refractivity contribution >= 4 is 12.0 Å². The highest BCUT2D eigenvalue weighted by atomic mass is 16.3. The van der Waals surface area contributed by atoms with Crippen LogP contribution in [0.1, 0.15) is 29.5 Å². The third-order valence-corrected chi connectivity index (χ3v) is 4.08. The number of carbonyl (C=O) groups excluding carboxylic acids is 1. The van der Waals surface area contributed by atoms with Crippen molar-refractivity contribution in [3.05, 3.63) is 59.4 Å². The molecule has 3 rings (SSSR count). The summed E-state index contributed by atoms with van der Waals surface area (Å²) in [6.07, 6.45) is 3.22. The van der Waals surface area contributed by atoms with Gasteiger partial charge >= 0.3 is 0 Å². The van der Waals surface area contributed by atoms with Crippen LogP contribution in [0.5, 0.6) is 0 Å². The third kappa shape index (κ3) is 3.72. The van der Waals surface area contributed by atoms with Crippen LogP contribution in [0.25, 0.3) is 6.08 Å². The Morgan fingerprint density at radius 3 is 2.83 bits per heavy atom. The van der Waals surface area contributed by atoms with Gasteiger partial charge in [-0.25, -0.2) is 0 Å². The topological polar surface area (TPSA) is 78.6 Å². The van der Waals surface area contributed by atoms with Crippen molar-refractivity contribution in [1.29, 1.82) is 0 Å². The van der Waals surface area contributed by atoms with E-state index in [1.165, 1.54) is 0 Å². The quantitative estimate of drug-likeness (QED) is 0.831. The average molecular weight is 327 g/mol. The van der Waals surface area contributed by atoms with Gasteiger partial charge in [-0.15, -0.1) is 0 Å². The molecule has 2 N–H and O–H groups in total. The van der Waals surface area contributed by atoms with E-state index in [9.17, 15) is 9.90 Å². The van der Waals surface area contributed by atoms with Crippen LogP contribution < -0.4 is 0 Å². The summed E-state index contributed by atoms with van der Waals surface area (Å²) in [7, 11) is 0. The molecule has 126 valence electrons. The molecule has 0 saturated carbocycles. The van der Waals surface area contributed by atoms with Crippen LogP contribution in [-0.4, -0.2) is 44.0 Å². The van der Waals surface area contributed by atoms with Gasteiger partial charge in [0.25, 0.3) is 0 Å². The number of nitrogens with zero attached hydrogens (tertiary/aromatic N) is 3. The highest BCUT2D eigenvalue weighted by Gasteiger charge is 2.21. The first-order valence-electron chi connectivity index (χ1n) is 8.05. The molecule has 1 aromatic heterocycles. The minimum absolute atomic E-state index is 0.0437. The van der Waals surface area contributed by atoms with E-state index in [-0.39, 0.29) is 12.5 Å². The highest BCUT2D eigenvalue weighted by molar-refractivity contribution is 5.91. The van der Waals surface area contributed by atoms with Gasteiger partial charge in [0, 0.05) is 19.2 Å². The van der Waals surface area contributed by atoms with E-state index in [0.29, 0.717) is 25.3 Å². The SMILES string of the molecule is O=C(/C=C/c1ccccc1)N1CCCn2nc(C(O)CO)cc2C1. The van der Waals surface area contributed by atoms with Crippen LogP contribution in [0.2, 0.25) is 0 Å². The van der Waals surface area contributed by atoms with Gasteiger partial charge in [-0.1, -0.05) is 30.3 Å². The number of aromatic nitrogens is 2. The van der Waals surface area contributed by atoms with Gasteiger partial charge in [0.1, 0.15) is 6.10 Å². The molecule has 2 heterocycles. The molecule has 1 aliphatic heterocycles. The number of hydrogen-bond acceptors (Lipinski definition) is 4. The Morgan fingerprint density at radius 2 is 2.08 bits per heavy atom. The molecule has 24 heavy (non-hydrogen) atoms. The summed E-state index contributed by atoms with van der Waals surface area (Å²) in [5.74, 6) is -0.0437. The second-order valence-electron chi connectivity index (χ2n) is 5.84. The van der Waals surface area contributed by atoms with Crippen molar-refractivity contribution in [3.63, 3.8) is 0 Å². The lowest BCUT2D eigenvalue weighted by Gasteiger charge is -2.17. The van der Waals surface area contributed by atoms with Crippen molar-refractivity contribution in [2.75, 3.05) is 13.2 Å². The molecule has 0 saturated heterocycles. The molecular weight excluding hydrogens is 306 g/mol. The zero-order chi connectivity index (χ0) is 16.9. The number of fused-ring (bicyclic) bond motifs is 1. The van der Waals surface area contributed by atoms with Gasteiger partial charge in [0.15, 0.2) is 0 Å². The van der Waals surface area contributed by atoms with Gasteiger partial charge in [-0.2, -0.15) is 5.10 Å². The van der Waals surface area contributed by atoms with Crippen LogP contribution in [-0.2, 0) is 17.9 Å². The van der Waals surface area contributed by atoms with Crippen LogP contribution in [0, 0.1) is 0 Å². The highest BCUT2D eigenvalue weighted by Crippen LogP contribution is 2.18. The summed E-state index contributed by atoms with van der Waals surface area (Å²) in [4.78, 5) is 14.2. The average Bonchev–Trinajstić information content (AvgIpc) is 2.91. The summed E-state index contributed by atoms with van der Waals surface area (Å²) in [6, 6.07) is 11.5. The number of amides is 1. The van der Waals surface area contributed by atoms with Crippen LogP contribution in [0.15, 0.2) is 42.5 Å². The second-order valence-corrected chi connectivity index (χ2v) is 5.84. The maximum atomic E-state index is 12.5. The van der Waals surface area contributed by atoms with E-state index in [4.69, 9.17) is 5.11 Å². The maximum absolute atomic E-state index is 12.5. The molecule has 6 nitrogen and oxygen atoms in total. The molecule has 0 radical (unpaired) electrons. The van der Waals surface area contributed by atoms with Gasteiger partial charge < -0.3 is 15.1 Å². The first-order valence-corrected chi connectivity index (χ1v) is 8.05. The normalized spacial score (nSPS) is 16.0. The molecule has 0 fully saturated rings. The maximum Gasteiger partial charge on any atom is 0.246 e. The molecular formula is C18H21N3O3. The number of aliphatic hydroxyl groups excluding tert-OH is 2. The Morgan fingerprint density at radius 1 is 1.29 bits per heavy atom. The number of carbonyl (C=O) groups is 1. The molecule has 1 unspecified atom stereocenters. The lowest BCUT2D eigenvalue weighted by atomic mass is 10.2. The lowest BCUT2D eigenvalue weighted by molar-refractivity contribution is -0.126. The Hall–Kier alpha value is -2.44. The first-order chi connectivity index (χ1) is 11.7.